The van der Waals surface area contributed by atoms with E-state index in [0.29, 0.717) is 18.0 Å². The predicted molar refractivity (Wildman–Crippen MR) is 59.4 cm³/mol. The maximum Gasteiger partial charge on any atom is 0.126 e. The zero-order chi connectivity index (χ0) is 11.4. The number of pyridine rings is 1. The molecule has 2 rings (SSSR count). The van der Waals surface area contributed by atoms with Gasteiger partial charge in [0.1, 0.15) is 18.2 Å². The number of nitrogen functional groups attached to an aromatic ring is 1. The molecular formula is C12H11FN2O. The van der Waals surface area contributed by atoms with Crippen LogP contribution in [0.1, 0.15) is 5.56 Å². The molecule has 0 saturated carbocycles. The summed E-state index contributed by atoms with van der Waals surface area (Å²) < 4.78 is 18.3. The van der Waals surface area contributed by atoms with E-state index in [4.69, 9.17) is 10.5 Å². The minimum Gasteiger partial charge on any atom is -0.489 e. The smallest absolute Gasteiger partial charge is 0.126 e. The van der Waals surface area contributed by atoms with Crippen LogP contribution in [0.2, 0.25) is 0 Å². The molecule has 1 heterocycles. The average molecular weight is 218 g/mol. The van der Waals surface area contributed by atoms with Gasteiger partial charge in [-0.25, -0.2) is 4.39 Å². The fraction of sp³-hybridized carbons (Fsp3) is 0.0833. The molecule has 82 valence electrons. The number of hydrogen-bond donors (Lipinski definition) is 1. The van der Waals surface area contributed by atoms with Gasteiger partial charge in [0.25, 0.3) is 0 Å². The summed E-state index contributed by atoms with van der Waals surface area (Å²) in [7, 11) is 0. The summed E-state index contributed by atoms with van der Waals surface area (Å²) in [5.41, 5.74) is 7.10. The van der Waals surface area contributed by atoms with Crippen LogP contribution in [-0.2, 0) is 6.61 Å². The van der Waals surface area contributed by atoms with Crippen LogP contribution in [0.15, 0.2) is 42.7 Å². The van der Waals surface area contributed by atoms with Gasteiger partial charge in [-0.15, -0.1) is 0 Å². The molecule has 0 aliphatic heterocycles. The van der Waals surface area contributed by atoms with E-state index in [1.165, 1.54) is 12.1 Å². The molecule has 0 atom stereocenters. The highest BCUT2D eigenvalue weighted by Crippen LogP contribution is 2.16. The van der Waals surface area contributed by atoms with Crippen LogP contribution in [0.4, 0.5) is 10.1 Å². The van der Waals surface area contributed by atoms with Crippen LogP contribution in [0.25, 0.3) is 0 Å². The molecule has 2 N–H and O–H groups in total. The van der Waals surface area contributed by atoms with Crippen molar-refractivity contribution in [2.45, 2.75) is 6.61 Å². The maximum absolute atomic E-state index is 12.9. The van der Waals surface area contributed by atoms with Crippen molar-refractivity contribution in [3.05, 3.63) is 54.1 Å². The molecule has 1 aromatic carbocycles. The van der Waals surface area contributed by atoms with Gasteiger partial charge in [0.2, 0.25) is 0 Å². The summed E-state index contributed by atoms with van der Waals surface area (Å²) >= 11 is 0. The van der Waals surface area contributed by atoms with E-state index in [1.54, 1.807) is 30.6 Å². The number of hydrogen-bond acceptors (Lipinski definition) is 3. The first-order valence-corrected chi connectivity index (χ1v) is 4.82. The normalized spacial score (nSPS) is 10.1. The third-order valence-electron chi connectivity index (χ3n) is 2.14. The Bertz CT molecular complexity index is 488. The highest BCUT2D eigenvalue weighted by molar-refractivity contribution is 5.43. The monoisotopic (exact) mass is 218 g/mol. The molecule has 0 aliphatic carbocycles. The van der Waals surface area contributed by atoms with Crippen molar-refractivity contribution >= 4 is 5.69 Å². The number of nitrogens with zero attached hydrogens (tertiary/aromatic N) is 1. The minimum atomic E-state index is -0.319. The Kier molecular flexibility index (Phi) is 3.00. The van der Waals surface area contributed by atoms with Gasteiger partial charge in [0.15, 0.2) is 0 Å². The summed E-state index contributed by atoms with van der Waals surface area (Å²) in [6.45, 7) is 0.303. The van der Waals surface area contributed by atoms with Crippen LogP contribution >= 0.6 is 0 Å². The Balaban J connectivity index is 2.05. The van der Waals surface area contributed by atoms with Crippen LogP contribution in [0.5, 0.6) is 5.75 Å². The predicted octanol–water partition coefficient (Wildman–Crippen LogP) is 2.38. The Morgan fingerprint density at radius 2 is 2.19 bits per heavy atom. The van der Waals surface area contributed by atoms with E-state index < -0.39 is 0 Å². The fourth-order valence-electron chi connectivity index (χ4n) is 1.28. The quantitative estimate of drug-likeness (QED) is 0.860. The van der Waals surface area contributed by atoms with Gasteiger partial charge in [0, 0.05) is 17.8 Å². The molecule has 0 unspecified atom stereocenters. The van der Waals surface area contributed by atoms with Gasteiger partial charge < -0.3 is 10.5 Å². The maximum atomic E-state index is 12.9. The Hall–Kier alpha value is -2.10. The second kappa shape index (κ2) is 4.61. The number of rotatable bonds is 3. The van der Waals surface area contributed by atoms with E-state index >= 15 is 0 Å². The van der Waals surface area contributed by atoms with Crippen molar-refractivity contribution in [1.29, 1.82) is 0 Å². The van der Waals surface area contributed by atoms with E-state index in [2.05, 4.69) is 4.98 Å². The lowest BCUT2D eigenvalue weighted by Crippen LogP contribution is -2.00. The summed E-state index contributed by atoms with van der Waals surface area (Å²) in [4.78, 5) is 3.87. The van der Waals surface area contributed by atoms with E-state index in [9.17, 15) is 4.39 Å². The molecule has 0 bridgehead atoms. The van der Waals surface area contributed by atoms with Crippen LogP contribution in [0.3, 0.4) is 0 Å². The molecule has 0 amide bonds. The number of nitrogens with two attached hydrogens (primary N) is 1. The molecule has 0 saturated heterocycles. The molecular weight excluding hydrogens is 207 g/mol. The first-order valence-electron chi connectivity index (χ1n) is 4.82. The largest absolute Gasteiger partial charge is 0.489 e. The minimum absolute atomic E-state index is 0.303. The van der Waals surface area contributed by atoms with Crippen LogP contribution < -0.4 is 10.5 Å². The molecule has 2 aromatic rings. The Labute approximate surface area is 92.7 Å². The van der Waals surface area contributed by atoms with Gasteiger partial charge >= 0.3 is 0 Å². The standard InChI is InChI=1S/C12H11FN2O/c13-10-2-1-3-11(6-10)16-8-9-4-5-15-7-12(9)14/h1-7H,8,14H2. The lowest BCUT2D eigenvalue weighted by molar-refractivity contribution is 0.305. The van der Waals surface area contributed by atoms with Gasteiger partial charge in [0.05, 0.1) is 11.9 Å². The molecule has 0 aliphatic rings. The fourth-order valence-corrected chi connectivity index (χ4v) is 1.28. The van der Waals surface area contributed by atoms with Crippen LogP contribution in [-0.4, -0.2) is 4.98 Å². The molecule has 16 heavy (non-hydrogen) atoms. The van der Waals surface area contributed by atoms with E-state index in [-0.39, 0.29) is 5.82 Å². The topological polar surface area (TPSA) is 48.1 Å². The lowest BCUT2D eigenvalue weighted by Gasteiger charge is -2.07. The first kappa shape index (κ1) is 10.4. The molecule has 1 aromatic heterocycles. The van der Waals surface area contributed by atoms with Crippen LogP contribution in [0, 0.1) is 5.82 Å². The van der Waals surface area contributed by atoms with Crippen molar-refractivity contribution < 1.29 is 9.13 Å². The Morgan fingerprint density at radius 1 is 1.31 bits per heavy atom. The summed E-state index contributed by atoms with van der Waals surface area (Å²) in [6, 6.07) is 7.76. The van der Waals surface area contributed by atoms with Gasteiger partial charge in [-0.2, -0.15) is 0 Å². The van der Waals surface area contributed by atoms with Crippen molar-refractivity contribution in [2.24, 2.45) is 0 Å². The van der Waals surface area contributed by atoms with Crippen molar-refractivity contribution in [1.82, 2.24) is 4.98 Å². The second-order valence-corrected chi connectivity index (χ2v) is 3.32. The second-order valence-electron chi connectivity index (χ2n) is 3.32. The molecule has 0 radical (unpaired) electrons. The number of ether oxygens (including phenoxy) is 1. The highest BCUT2D eigenvalue weighted by atomic mass is 19.1. The number of halogens is 1. The zero-order valence-corrected chi connectivity index (χ0v) is 8.56. The van der Waals surface area contributed by atoms with E-state index in [0.717, 1.165) is 5.56 Å². The number of anilines is 1. The van der Waals surface area contributed by atoms with E-state index in [1.807, 2.05) is 0 Å². The van der Waals surface area contributed by atoms with Gasteiger partial charge in [-0.1, -0.05) is 6.07 Å². The highest BCUT2D eigenvalue weighted by Gasteiger charge is 2.00. The number of aromatic nitrogens is 1. The van der Waals surface area contributed by atoms with Crippen molar-refractivity contribution in [2.75, 3.05) is 5.73 Å². The molecule has 4 heteroatoms. The average Bonchev–Trinajstić information content (AvgIpc) is 2.28. The lowest BCUT2D eigenvalue weighted by atomic mass is 10.2. The van der Waals surface area contributed by atoms with Crippen molar-refractivity contribution in [3.8, 4) is 5.75 Å². The zero-order valence-electron chi connectivity index (χ0n) is 8.56. The third kappa shape index (κ3) is 2.48. The van der Waals surface area contributed by atoms with Gasteiger partial charge in [-0.05, 0) is 18.2 Å². The number of benzene rings is 1. The summed E-state index contributed by atoms with van der Waals surface area (Å²) in [6.07, 6.45) is 3.20. The summed E-state index contributed by atoms with van der Waals surface area (Å²) in [5, 5.41) is 0. The SMILES string of the molecule is Nc1cnccc1COc1cccc(F)c1. The van der Waals surface area contributed by atoms with Gasteiger partial charge in [-0.3, -0.25) is 4.98 Å². The molecule has 3 nitrogen and oxygen atoms in total. The van der Waals surface area contributed by atoms with Crippen molar-refractivity contribution in [3.63, 3.8) is 0 Å². The summed E-state index contributed by atoms with van der Waals surface area (Å²) in [5.74, 6) is 0.163. The molecule has 0 spiro atoms. The molecule has 0 fully saturated rings. The Morgan fingerprint density at radius 3 is 2.94 bits per heavy atom. The first-order chi connectivity index (χ1) is 7.75. The third-order valence-corrected chi connectivity index (χ3v) is 2.14.